The molecular formula is C20H19N3O. The highest BCUT2D eigenvalue weighted by Crippen LogP contribution is 2.38. The Hall–Kier alpha value is -2.88. The van der Waals surface area contributed by atoms with Crippen molar-refractivity contribution in [2.24, 2.45) is 0 Å². The van der Waals surface area contributed by atoms with Crippen LogP contribution in [0.1, 0.15) is 31.0 Å². The van der Waals surface area contributed by atoms with Crippen LogP contribution in [0.4, 0.5) is 11.4 Å². The maximum absolute atomic E-state index is 12.5. The molecular weight excluding hydrogens is 298 g/mol. The lowest BCUT2D eigenvalue weighted by Crippen LogP contribution is -2.16. The lowest BCUT2D eigenvalue weighted by Gasteiger charge is -2.16. The molecule has 0 spiro atoms. The summed E-state index contributed by atoms with van der Waals surface area (Å²) in [5.41, 5.74) is 4.55. The Morgan fingerprint density at radius 3 is 2.67 bits per heavy atom. The molecule has 1 amide bonds. The summed E-state index contributed by atoms with van der Waals surface area (Å²) >= 11 is 0. The van der Waals surface area contributed by atoms with Crippen LogP contribution in [0.25, 0.3) is 10.9 Å². The van der Waals surface area contributed by atoms with Gasteiger partial charge in [0.05, 0.1) is 11.2 Å². The second-order valence-corrected chi connectivity index (χ2v) is 6.42. The van der Waals surface area contributed by atoms with Gasteiger partial charge in [-0.3, -0.25) is 9.78 Å². The standard InChI is InChI=1S/C20H19N3O/c1-12(2)21-17-11-18(22-15-9-5-3-7-13(15)17)19-14-8-4-6-10-16(14)23-20(19)24/h3-12,19H,1-2H3,(H,21,22)(H,23,24). The average Bonchev–Trinajstić information content (AvgIpc) is 2.90. The Morgan fingerprint density at radius 1 is 1.08 bits per heavy atom. The first-order valence-electron chi connectivity index (χ1n) is 8.19. The van der Waals surface area contributed by atoms with Gasteiger partial charge in [-0.05, 0) is 37.6 Å². The zero-order valence-electron chi connectivity index (χ0n) is 13.7. The summed E-state index contributed by atoms with van der Waals surface area (Å²) in [4.78, 5) is 17.3. The second-order valence-electron chi connectivity index (χ2n) is 6.42. The summed E-state index contributed by atoms with van der Waals surface area (Å²) in [5.74, 6) is -0.381. The number of carbonyl (C=O) groups is 1. The van der Waals surface area contributed by atoms with Crippen molar-refractivity contribution >= 4 is 28.2 Å². The first-order valence-corrected chi connectivity index (χ1v) is 8.19. The number of nitrogens with zero attached hydrogens (tertiary/aromatic N) is 1. The summed E-state index contributed by atoms with van der Waals surface area (Å²) in [6.07, 6.45) is 0. The highest BCUT2D eigenvalue weighted by molar-refractivity contribution is 6.05. The van der Waals surface area contributed by atoms with E-state index in [4.69, 9.17) is 4.98 Å². The van der Waals surface area contributed by atoms with Gasteiger partial charge in [-0.1, -0.05) is 36.4 Å². The Bertz CT molecular complexity index is 933. The minimum Gasteiger partial charge on any atom is -0.382 e. The molecule has 0 saturated carbocycles. The van der Waals surface area contributed by atoms with Gasteiger partial charge in [-0.25, -0.2) is 0 Å². The number of rotatable bonds is 3. The Balaban J connectivity index is 1.90. The van der Waals surface area contributed by atoms with Crippen molar-refractivity contribution in [1.82, 2.24) is 4.98 Å². The Labute approximate surface area is 140 Å². The molecule has 1 atom stereocenters. The first kappa shape index (κ1) is 14.7. The Kier molecular flexibility index (Phi) is 3.45. The van der Waals surface area contributed by atoms with Crippen molar-refractivity contribution in [1.29, 1.82) is 0 Å². The third-order valence-corrected chi connectivity index (χ3v) is 4.27. The van der Waals surface area contributed by atoms with Crippen molar-refractivity contribution in [2.75, 3.05) is 10.6 Å². The molecule has 1 unspecified atom stereocenters. The van der Waals surface area contributed by atoms with E-state index in [0.29, 0.717) is 6.04 Å². The lowest BCUT2D eigenvalue weighted by molar-refractivity contribution is -0.116. The molecule has 120 valence electrons. The molecule has 2 aromatic carbocycles. The number of amides is 1. The highest BCUT2D eigenvalue weighted by Gasteiger charge is 2.33. The van der Waals surface area contributed by atoms with Gasteiger partial charge in [0.15, 0.2) is 0 Å². The van der Waals surface area contributed by atoms with E-state index in [1.807, 2.05) is 48.5 Å². The van der Waals surface area contributed by atoms with Crippen molar-refractivity contribution in [3.8, 4) is 0 Å². The normalized spacial score (nSPS) is 16.3. The number of aromatic nitrogens is 1. The predicted octanol–water partition coefficient (Wildman–Crippen LogP) is 4.14. The number of benzene rings is 2. The third-order valence-electron chi connectivity index (χ3n) is 4.27. The van der Waals surface area contributed by atoms with E-state index in [1.54, 1.807) is 0 Å². The van der Waals surface area contributed by atoms with Gasteiger partial charge < -0.3 is 10.6 Å². The smallest absolute Gasteiger partial charge is 0.238 e. The van der Waals surface area contributed by atoms with Gasteiger partial charge in [0.1, 0.15) is 5.92 Å². The van der Waals surface area contributed by atoms with Crippen LogP contribution in [-0.2, 0) is 4.79 Å². The van der Waals surface area contributed by atoms with Crippen LogP contribution >= 0.6 is 0 Å². The van der Waals surface area contributed by atoms with Crippen molar-refractivity contribution in [3.05, 3.63) is 65.9 Å². The molecule has 24 heavy (non-hydrogen) atoms. The van der Waals surface area contributed by atoms with E-state index in [1.165, 1.54) is 0 Å². The number of nitrogens with one attached hydrogen (secondary N) is 2. The summed E-state index contributed by atoms with van der Waals surface area (Å²) < 4.78 is 0. The highest BCUT2D eigenvalue weighted by atomic mass is 16.2. The van der Waals surface area contributed by atoms with Crippen molar-refractivity contribution in [2.45, 2.75) is 25.8 Å². The van der Waals surface area contributed by atoms with E-state index in [2.05, 4.69) is 30.5 Å². The first-order chi connectivity index (χ1) is 11.6. The molecule has 4 heteroatoms. The summed E-state index contributed by atoms with van der Waals surface area (Å²) in [7, 11) is 0. The minimum atomic E-state index is -0.362. The molecule has 0 fully saturated rings. The van der Waals surface area contributed by atoms with Gasteiger partial charge in [0, 0.05) is 22.8 Å². The van der Waals surface area contributed by atoms with E-state index < -0.39 is 0 Å². The topological polar surface area (TPSA) is 54.0 Å². The maximum Gasteiger partial charge on any atom is 0.238 e. The molecule has 0 saturated heterocycles. The molecule has 0 aliphatic carbocycles. The van der Waals surface area contributed by atoms with E-state index in [0.717, 1.165) is 33.5 Å². The van der Waals surface area contributed by atoms with Crippen molar-refractivity contribution < 1.29 is 4.79 Å². The van der Waals surface area contributed by atoms with Crippen LogP contribution in [0.2, 0.25) is 0 Å². The quantitative estimate of drug-likeness (QED) is 0.763. The molecule has 2 heterocycles. The van der Waals surface area contributed by atoms with Crippen LogP contribution < -0.4 is 10.6 Å². The summed E-state index contributed by atoms with van der Waals surface area (Å²) in [5, 5.41) is 7.50. The van der Waals surface area contributed by atoms with E-state index in [9.17, 15) is 4.79 Å². The number of pyridine rings is 1. The van der Waals surface area contributed by atoms with E-state index in [-0.39, 0.29) is 11.8 Å². The number of hydrogen-bond donors (Lipinski definition) is 2. The zero-order valence-corrected chi connectivity index (χ0v) is 13.7. The SMILES string of the molecule is CC(C)Nc1cc(C2C(=O)Nc3ccccc32)nc2ccccc12. The molecule has 0 radical (unpaired) electrons. The fourth-order valence-corrected chi connectivity index (χ4v) is 3.28. The molecule has 0 bridgehead atoms. The fraction of sp³-hybridized carbons (Fsp3) is 0.200. The number of para-hydroxylation sites is 2. The monoisotopic (exact) mass is 317 g/mol. The second kappa shape index (κ2) is 5.64. The summed E-state index contributed by atoms with van der Waals surface area (Å²) in [6, 6.07) is 18.1. The fourth-order valence-electron chi connectivity index (χ4n) is 3.28. The van der Waals surface area contributed by atoms with Gasteiger partial charge in [-0.2, -0.15) is 0 Å². The van der Waals surface area contributed by atoms with Crippen LogP contribution in [0, 0.1) is 0 Å². The van der Waals surface area contributed by atoms with Crippen LogP contribution in [0.5, 0.6) is 0 Å². The number of anilines is 2. The molecule has 2 N–H and O–H groups in total. The van der Waals surface area contributed by atoms with Gasteiger partial charge in [0.2, 0.25) is 5.91 Å². The van der Waals surface area contributed by atoms with E-state index >= 15 is 0 Å². The molecule has 1 aromatic heterocycles. The Morgan fingerprint density at radius 2 is 1.83 bits per heavy atom. The van der Waals surface area contributed by atoms with Crippen LogP contribution in [0.15, 0.2) is 54.6 Å². The predicted molar refractivity (Wildman–Crippen MR) is 97.4 cm³/mol. The molecule has 4 rings (SSSR count). The molecule has 1 aliphatic rings. The van der Waals surface area contributed by atoms with Gasteiger partial charge >= 0.3 is 0 Å². The number of fused-ring (bicyclic) bond motifs is 2. The molecule has 1 aliphatic heterocycles. The third kappa shape index (κ3) is 2.40. The van der Waals surface area contributed by atoms with Crippen molar-refractivity contribution in [3.63, 3.8) is 0 Å². The number of hydrogen-bond acceptors (Lipinski definition) is 3. The molecule has 3 aromatic rings. The summed E-state index contributed by atoms with van der Waals surface area (Å²) in [6.45, 7) is 4.21. The lowest BCUT2D eigenvalue weighted by atomic mass is 9.95. The van der Waals surface area contributed by atoms with Gasteiger partial charge in [-0.15, -0.1) is 0 Å². The van der Waals surface area contributed by atoms with Gasteiger partial charge in [0.25, 0.3) is 0 Å². The van der Waals surface area contributed by atoms with Crippen LogP contribution in [-0.4, -0.2) is 16.9 Å². The average molecular weight is 317 g/mol. The van der Waals surface area contributed by atoms with Crippen LogP contribution in [0.3, 0.4) is 0 Å². The largest absolute Gasteiger partial charge is 0.382 e. The molecule has 4 nitrogen and oxygen atoms in total. The number of carbonyl (C=O) groups excluding carboxylic acids is 1. The maximum atomic E-state index is 12.5. The minimum absolute atomic E-state index is 0.0190. The zero-order chi connectivity index (χ0) is 16.7.